The van der Waals surface area contributed by atoms with Gasteiger partial charge in [0.25, 0.3) is 5.91 Å². The highest BCUT2D eigenvalue weighted by Gasteiger charge is 2.13. The van der Waals surface area contributed by atoms with E-state index in [4.69, 9.17) is 4.74 Å². The average Bonchev–Trinajstić information content (AvgIpc) is 3.23. The third kappa shape index (κ3) is 3.85. The number of thiazole rings is 1. The number of ether oxygens (including phenoxy) is 1. The van der Waals surface area contributed by atoms with Gasteiger partial charge in [-0.1, -0.05) is 30.3 Å². The van der Waals surface area contributed by atoms with Crippen molar-refractivity contribution < 1.29 is 9.53 Å². The number of aryl methyl sites for hydroxylation is 2. The molecule has 4 rings (SSSR count). The number of carbonyl (C=O) groups excluding carboxylic acids is 1. The van der Waals surface area contributed by atoms with Crippen LogP contribution in [0.3, 0.4) is 0 Å². The Morgan fingerprint density at radius 1 is 1.15 bits per heavy atom. The van der Waals surface area contributed by atoms with Gasteiger partial charge in [0.15, 0.2) is 5.13 Å². The number of hydrogen-bond donors (Lipinski definition) is 2. The summed E-state index contributed by atoms with van der Waals surface area (Å²) < 4.78 is 5.85. The molecule has 0 aliphatic rings. The zero-order valence-corrected chi connectivity index (χ0v) is 15.9. The van der Waals surface area contributed by atoms with Gasteiger partial charge < -0.3 is 9.72 Å². The predicted octanol–water partition coefficient (Wildman–Crippen LogP) is 5.07. The molecule has 1 amide bonds. The van der Waals surface area contributed by atoms with Gasteiger partial charge in [0.2, 0.25) is 0 Å². The van der Waals surface area contributed by atoms with Gasteiger partial charge in [-0.05, 0) is 37.6 Å². The lowest BCUT2D eigenvalue weighted by atomic mass is 10.2. The summed E-state index contributed by atoms with van der Waals surface area (Å²) in [6, 6.07) is 17.6. The van der Waals surface area contributed by atoms with Crippen molar-refractivity contribution in [3.8, 4) is 5.75 Å². The van der Waals surface area contributed by atoms with Crippen LogP contribution in [0.4, 0.5) is 5.13 Å². The van der Waals surface area contributed by atoms with Gasteiger partial charge in [-0.3, -0.25) is 10.1 Å². The van der Waals surface area contributed by atoms with E-state index in [0.717, 1.165) is 32.8 Å². The fourth-order valence-corrected chi connectivity index (χ4v) is 3.56. The molecule has 5 nitrogen and oxygen atoms in total. The summed E-state index contributed by atoms with van der Waals surface area (Å²) in [5, 5.41) is 4.42. The maximum absolute atomic E-state index is 12.5. The van der Waals surface area contributed by atoms with Crippen molar-refractivity contribution in [2.24, 2.45) is 0 Å². The molecular formula is C21H19N3O2S. The number of fused-ring (bicyclic) bond motifs is 1. The van der Waals surface area contributed by atoms with Gasteiger partial charge in [0, 0.05) is 21.8 Å². The third-order valence-corrected chi connectivity index (χ3v) is 5.32. The van der Waals surface area contributed by atoms with E-state index < -0.39 is 0 Å². The lowest BCUT2D eigenvalue weighted by Crippen LogP contribution is -2.11. The molecule has 2 heterocycles. The average molecular weight is 377 g/mol. The van der Waals surface area contributed by atoms with Crippen LogP contribution in [0.5, 0.6) is 5.75 Å². The molecule has 2 N–H and O–H groups in total. The molecule has 4 aromatic rings. The predicted molar refractivity (Wildman–Crippen MR) is 109 cm³/mol. The van der Waals surface area contributed by atoms with Crippen molar-refractivity contribution in [3.05, 3.63) is 76.4 Å². The normalized spacial score (nSPS) is 10.9. The van der Waals surface area contributed by atoms with Gasteiger partial charge in [0.1, 0.15) is 18.1 Å². The monoisotopic (exact) mass is 377 g/mol. The second-order valence-electron chi connectivity index (χ2n) is 6.32. The largest absolute Gasteiger partial charge is 0.489 e. The minimum absolute atomic E-state index is 0.202. The van der Waals surface area contributed by atoms with Crippen LogP contribution in [0.1, 0.15) is 26.6 Å². The smallest absolute Gasteiger partial charge is 0.273 e. The van der Waals surface area contributed by atoms with E-state index in [1.807, 2.05) is 68.4 Å². The summed E-state index contributed by atoms with van der Waals surface area (Å²) in [6.07, 6.45) is 0. The van der Waals surface area contributed by atoms with Crippen molar-refractivity contribution in [2.45, 2.75) is 20.5 Å². The molecule has 0 fully saturated rings. The molecule has 0 atom stereocenters. The Hall–Kier alpha value is -3.12. The molecule has 0 radical (unpaired) electrons. The molecule has 2 aromatic carbocycles. The number of amides is 1. The molecular weight excluding hydrogens is 358 g/mol. The fourth-order valence-electron chi connectivity index (χ4n) is 2.75. The number of aromatic amines is 1. The van der Waals surface area contributed by atoms with Gasteiger partial charge in [-0.15, -0.1) is 11.3 Å². The number of hydrogen-bond acceptors (Lipinski definition) is 4. The Balaban J connectivity index is 1.49. The summed E-state index contributed by atoms with van der Waals surface area (Å²) in [6.45, 7) is 4.42. The Bertz CT molecular complexity index is 1080. The first-order chi connectivity index (χ1) is 13.1. The minimum Gasteiger partial charge on any atom is -0.489 e. The Kier molecular flexibility index (Phi) is 4.64. The maximum Gasteiger partial charge on any atom is 0.273 e. The lowest BCUT2D eigenvalue weighted by Gasteiger charge is -2.06. The van der Waals surface area contributed by atoms with Crippen LogP contribution in [-0.2, 0) is 6.61 Å². The fraction of sp³-hybridized carbons (Fsp3) is 0.143. The molecule has 6 heteroatoms. The van der Waals surface area contributed by atoms with Crippen molar-refractivity contribution in [1.29, 1.82) is 0 Å². The molecule has 0 aliphatic carbocycles. The van der Waals surface area contributed by atoms with Crippen molar-refractivity contribution in [3.63, 3.8) is 0 Å². The number of nitrogens with zero attached hydrogens (tertiary/aromatic N) is 1. The van der Waals surface area contributed by atoms with E-state index in [1.54, 1.807) is 0 Å². The highest BCUT2D eigenvalue weighted by Crippen LogP contribution is 2.24. The second-order valence-corrected chi connectivity index (χ2v) is 7.52. The molecule has 0 saturated heterocycles. The van der Waals surface area contributed by atoms with Gasteiger partial charge in [-0.2, -0.15) is 0 Å². The number of carbonyl (C=O) groups is 1. The zero-order chi connectivity index (χ0) is 18.8. The summed E-state index contributed by atoms with van der Waals surface area (Å²) in [4.78, 5) is 21.1. The second kappa shape index (κ2) is 7.25. The van der Waals surface area contributed by atoms with E-state index in [-0.39, 0.29) is 5.91 Å². The first kappa shape index (κ1) is 17.3. The van der Waals surface area contributed by atoms with E-state index in [1.165, 1.54) is 11.3 Å². The number of nitrogens with one attached hydrogen (secondary N) is 2. The molecule has 0 bridgehead atoms. The summed E-state index contributed by atoms with van der Waals surface area (Å²) in [5.41, 5.74) is 3.40. The summed E-state index contributed by atoms with van der Waals surface area (Å²) >= 11 is 1.47. The number of aromatic nitrogens is 2. The first-order valence-electron chi connectivity index (χ1n) is 8.63. The molecule has 0 spiro atoms. The molecule has 0 unspecified atom stereocenters. The van der Waals surface area contributed by atoms with Crippen LogP contribution in [0.15, 0.2) is 54.6 Å². The summed E-state index contributed by atoms with van der Waals surface area (Å²) in [7, 11) is 0. The number of rotatable bonds is 5. The van der Waals surface area contributed by atoms with Gasteiger partial charge >= 0.3 is 0 Å². The SMILES string of the molecule is Cc1nc(NC(=O)c2cc3ccc(OCc4ccccc4)cc3[nH]2)sc1C. The Morgan fingerprint density at radius 2 is 1.96 bits per heavy atom. The highest BCUT2D eigenvalue weighted by atomic mass is 32.1. The van der Waals surface area contributed by atoms with Crippen molar-refractivity contribution in [2.75, 3.05) is 5.32 Å². The first-order valence-corrected chi connectivity index (χ1v) is 9.45. The van der Waals surface area contributed by atoms with E-state index in [0.29, 0.717) is 17.4 Å². The van der Waals surface area contributed by atoms with Crippen LogP contribution in [0.2, 0.25) is 0 Å². The van der Waals surface area contributed by atoms with Gasteiger partial charge in [0.05, 0.1) is 5.69 Å². The van der Waals surface area contributed by atoms with Crippen molar-refractivity contribution >= 4 is 33.3 Å². The van der Waals surface area contributed by atoms with E-state index in [9.17, 15) is 4.79 Å². The Morgan fingerprint density at radius 3 is 2.70 bits per heavy atom. The summed E-state index contributed by atoms with van der Waals surface area (Å²) in [5.74, 6) is 0.554. The zero-order valence-electron chi connectivity index (χ0n) is 15.1. The van der Waals surface area contributed by atoms with Crippen LogP contribution < -0.4 is 10.1 Å². The molecule has 0 saturated carbocycles. The van der Waals surface area contributed by atoms with Crippen molar-refractivity contribution in [1.82, 2.24) is 9.97 Å². The van der Waals surface area contributed by atoms with E-state index >= 15 is 0 Å². The Labute approximate surface area is 161 Å². The van der Waals surface area contributed by atoms with E-state index in [2.05, 4.69) is 15.3 Å². The highest BCUT2D eigenvalue weighted by molar-refractivity contribution is 7.15. The quantitative estimate of drug-likeness (QED) is 0.510. The molecule has 2 aromatic heterocycles. The van der Waals surface area contributed by atoms with Crippen LogP contribution >= 0.6 is 11.3 Å². The number of H-pyrrole nitrogens is 1. The van der Waals surface area contributed by atoms with Crippen LogP contribution in [0, 0.1) is 13.8 Å². The third-order valence-electron chi connectivity index (χ3n) is 4.34. The van der Waals surface area contributed by atoms with Gasteiger partial charge in [-0.25, -0.2) is 4.98 Å². The molecule has 136 valence electrons. The topological polar surface area (TPSA) is 67.0 Å². The molecule has 27 heavy (non-hydrogen) atoms. The van der Waals surface area contributed by atoms with Crippen LogP contribution in [-0.4, -0.2) is 15.9 Å². The standard InChI is InChI=1S/C21H19N3O2S/c1-13-14(2)27-21(22-13)24-20(25)19-10-16-8-9-17(11-18(16)23-19)26-12-15-6-4-3-5-7-15/h3-11,23H,12H2,1-2H3,(H,22,24,25). The maximum atomic E-state index is 12.5. The number of anilines is 1. The van der Waals surface area contributed by atoms with Crippen LogP contribution in [0.25, 0.3) is 10.9 Å². The number of benzene rings is 2. The lowest BCUT2D eigenvalue weighted by molar-refractivity contribution is 0.102. The minimum atomic E-state index is -0.202. The molecule has 0 aliphatic heterocycles.